The van der Waals surface area contributed by atoms with E-state index in [4.69, 9.17) is 16.3 Å². The van der Waals surface area contributed by atoms with Crippen molar-refractivity contribution in [3.05, 3.63) is 77.4 Å². The Morgan fingerprint density at radius 1 is 1.00 bits per heavy atom. The fraction of sp³-hybridized carbons (Fsp3) is 0.100. The molecule has 0 saturated heterocycles. The second-order valence-electron chi connectivity index (χ2n) is 5.64. The first-order valence-corrected chi connectivity index (χ1v) is 8.41. The van der Waals surface area contributed by atoms with Crippen LogP contribution in [0.1, 0.15) is 5.56 Å². The van der Waals surface area contributed by atoms with Gasteiger partial charge in [-0.05, 0) is 54.1 Å². The monoisotopic (exact) mass is 367 g/mol. The molecule has 26 heavy (non-hydrogen) atoms. The fourth-order valence-electron chi connectivity index (χ4n) is 2.36. The van der Waals surface area contributed by atoms with Crippen molar-refractivity contribution in [2.75, 3.05) is 17.7 Å². The number of anilines is 3. The van der Waals surface area contributed by atoms with Gasteiger partial charge in [-0.1, -0.05) is 23.7 Å². The third-order valence-electron chi connectivity index (χ3n) is 3.69. The number of nitrogens with one attached hydrogen (secondary N) is 2. The van der Waals surface area contributed by atoms with E-state index in [0.717, 1.165) is 22.7 Å². The van der Waals surface area contributed by atoms with Crippen LogP contribution in [0, 0.1) is 0 Å². The average Bonchev–Trinajstić information content (AvgIpc) is 2.66. The summed E-state index contributed by atoms with van der Waals surface area (Å²) in [6.45, 7) is 0. The van der Waals surface area contributed by atoms with Crippen LogP contribution in [0.2, 0.25) is 5.02 Å². The number of carbonyl (C=O) groups excluding carboxylic acids is 1. The van der Waals surface area contributed by atoms with Crippen LogP contribution in [0.25, 0.3) is 0 Å². The van der Waals surface area contributed by atoms with Gasteiger partial charge in [0.15, 0.2) is 0 Å². The fourth-order valence-corrected chi connectivity index (χ4v) is 2.48. The first kappa shape index (κ1) is 17.8. The lowest BCUT2D eigenvalue weighted by molar-refractivity contribution is -0.115. The molecule has 0 saturated carbocycles. The molecule has 5 nitrogen and oxygen atoms in total. The van der Waals surface area contributed by atoms with E-state index < -0.39 is 0 Å². The van der Waals surface area contributed by atoms with Crippen molar-refractivity contribution in [3.63, 3.8) is 0 Å². The molecule has 0 radical (unpaired) electrons. The second-order valence-corrected chi connectivity index (χ2v) is 6.07. The molecule has 1 heterocycles. The van der Waals surface area contributed by atoms with Crippen LogP contribution in [0.3, 0.4) is 0 Å². The van der Waals surface area contributed by atoms with E-state index in [1.165, 1.54) is 0 Å². The third kappa shape index (κ3) is 4.97. The number of rotatable bonds is 6. The third-order valence-corrected chi connectivity index (χ3v) is 3.94. The second kappa shape index (κ2) is 8.36. The van der Waals surface area contributed by atoms with E-state index in [-0.39, 0.29) is 12.3 Å². The molecule has 3 aromatic rings. The number of methoxy groups -OCH3 is 1. The van der Waals surface area contributed by atoms with Gasteiger partial charge in [-0.15, -0.1) is 0 Å². The van der Waals surface area contributed by atoms with Crippen molar-refractivity contribution in [2.24, 2.45) is 0 Å². The number of benzene rings is 2. The van der Waals surface area contributed by atoms with Crippen molar-refractivity contribution in [1.82, 2.24) is 4.98 Å². The minimum Gasteiger partial charge on any atom is -0.497 e. The number of ether oxygens (including phenoxy) is 1. The number of aromatic nitrogens is 1. The lowest BCUT2D eigenvalue weighted by Crippen LogP contribution is -2.15. The topological polar surface area (TPSA) is 63.2 Å². The predicted octanol–water partition coefficient (Wildman–Crippen LogP) is 4.67. The molecule has 2 N–H and O–H groups in total. The maximum atomic E-state index is 12.1. The Labute approximate surface area is 157 Å². The Morgan fingerprint density at radius 2 is 1.69 bits per heavy atom. The highest BCUT2D eigenvalue weighted by Crippen LogP contribution is 2.20. The Bertz CT molecular complexity index is 863. The number of carbonyl (C=O) groups is 1. The maximum Gasteiger partial charge on any atom is 0.229 e. The molecule has 1 amide bonds. The van der Waals surface area contributed by atoms with E-state index in [9.17, 15) is 4.79 Å². The van der Waals surface area contributed by atoms with Gasteiger partial charge in [0.1, 0.15) is 11.6 Å². The Balaban J connectivity index is 1.56. The number of amides is 1. The summed E-state index contributed by atoms with van der Waals surface area (Å²) in [6, 6.07) is 18.4. The average molecular weight is 368 g/mol. The smallest absolute Gasteiger partial charge is 0.229 e. The van der Waals surface area contributed by atoms with Gasteiger partial charge < -0.3 is 15.4 Å². The van der Waals surface area contributed by atoms with Crippen LogP contribution in [0.5, 0.6) is 5.75 Å². The molecular formula is C20H18ClN3O2. The molecule has 0 bridgehead atoms. The largest absolute Gasteiger partial charge is 0.497 e. The van der Waals surface area contributed by atoms with Gasteiger partial charge >= 0.3 is 0 Å². The number of pyridine rings is 1. The minimum absolute atomic E-state index is 0.129. The molecule has 1 aromatic heterocycles. The lowest BCUT2D eigenvalue weighted by Gasteiger charge is -2.09. The summed E-state index contributed by atoms with van der Waals surface area (Å²) < 4.78 is 5.13. The molecule has 0 fully saturated rings. The van der Waals surface area contributed by atoms with Crippen molar-refractivity contribution < 1.29 is 9.53 Å². The molecule has 3 rings (SSSR count). The van der Waals surface area contributed by atoms with Crippen LogP contribution >= 0.6 is 11.6 Å². The van der Waals surface area contributed by atoms with E-state index >= 15 is 0 Å². The summed E-state index contributed by atoms with van der Waals surface area (Å²) in [4.78, 5) is 16.4. The maximum absolute atomic E-state index is 12.1. The van der Waals surface area contributed by atoms with Gasteiger partial charge in [0, 0.05) is 10.7 Å². The van der Waals surface area contributed by atoms with Gasteiger partial charge in [0.2, 0.25) is 5.91 Å². The van der Waals surface area contributed by atoms with Crippen LogP contribution in [0.4, 0.5) is 17.2 Å². The molecular weight excluding hydrogens is 350 g/mol. The highest BCUT2D eigenvalue weighted by Gasteiger charge is 2.05. The highest BCUT2D eigenvalue weighted by molar-refractivity contribution is 6.30. The van der Waals surface area contributed by atoms with Crippen LogP contribution in [0.15, 0.2) is 66.9 Å². The predicted molar refractivity (Wildman–Crippen MR) is 104 cm³/mol. The Hall–Kier alpha value is -3.05. The van der Waals surface area contributed by atoms with E-state index in [0.29, 0.717) is 10.8 Å². The molecule has 0 spiro atoms. The minimum atomic E-state index is -0.129. The van der Waals surface area contributed by atoms with Gasteiger partial charge in [-0.25, -0.2) is 4.98 Å². The van der Waals surface area contributed by atoms with Crippen molar-refractivity contribution in [2.45, 2.75) is 6.42 Å². The summed E-state index contributed by atoms with van der Waals surface area (Å²) in [7, 11) is 1.63. The lowest BCUT2D eigenvalue weighted by atomic mass is 10.1. The van der Waals surface area contributed by atoms with Gasteiger partial charge in [-0.2, -0.15) is 0 Å². The first-order chi connectivity index (χ1) is 12.6. The number of nitrogens with zero attached hydrogens (tertiary/aromatic N) is 1. The van der Waals surface area contributed by atoms with Crippen LogP contribution in [-0.4, -0.2) is 18.0 Å². The zero-order valence-corrected chi connectivity index (χ0v) is 15.0. The van der Waals surface area contributed by atoms with Crippen molar-refractivity contribution >= 4 is 34.7 Å². The molecule has 2 aromatic carbocycles. The van der Waals surface area contributed by atoms with Crippen molar-refractivity contribution in [1.29, 1.82) is 0 Å². The van der Waals surface area contributed by atoms with Crippen LogP contribution < -0.4 is 15.4 Å². The van der Waals surface area contributed by atoms with E-state index in [2.05, 4.69) is 15.6 Å². The van der Waals surface area contributed by atoms with E-state index in [1.54, 1.807) is 31.5 Å². The van der Waals surface area contributed by atoms with Gasteiger partial charge in [0.05, 0.1) is 25.4 Å². The number of hydrogen-bond donors (Lipinski definition) is 2. The summed E-state index contributed by atoms with van der Waals surface area (Å²) in [5.74, 6) is 1.17. The summed E-state index contributed by atoms with van der Waals surface area (Å²) in [6.07, 6.45) is 1.94. The normalized spacial score (nSPS) is 10.2. The summed E-state index contributed by atoms with van der Waals surface area (Å²) >= 11 is 5.84. The molecule has 0 aliphatic heterocycles. The molecule has 0 unspecified atom stereocenters. The molecule has 0 atom stereocenters. The van der Waals surface area contributed by atoms with Crippen LogP contribution in [-0.2, 0) is 11.2 Å². The first-order valence-electron chi connectivity index (χ1n) is 8.04. The highest BCUT2D eigenvalue weighted by atomic mass is 35.5. The number of halogens is 1. The van der Waals surface area contributed by atoms with Crippen molar-refractivity contribution in [3.8, 4) is 5.75 Å². The van der Waals surface area contributed by atoms with Gasteiger partial charge in [0.25, 0.3) is 0 Å². The zero-order valence-electron chi connectivity index (χ0n) is 14.2. The summed E-state index contributed by atoms with van der Waals surface area (Å²) in [5.41, 5.74) is 2.64. The molecule has 132 valence electrons. The SMILES string of the molecule is COc1ccc(Nc2ccc(NC(=O)Cc3ccc(Cl)cc3)nc2)cc1. The Morgan fingerprint density at radius 3 is 2.31 bits per heavy atom. The Kier molecular flexibility index (Phi) is 5.71. The number of hydrogen-bond acceptors (Lipinski definition) is 4. The van der Waals surface area contributed by atoms with Gasteiger partial charge in [-0.3, -0.25) is 4.79 Å². The summed E-state index contributed by atoms with van der Waals surface area (Å²) in [5, 5.41) is 6.67. The van der Waals surface area contributed by atoms with E-state index in [1.807, 2.05) is 42.5 Å². The molecule has 6 heteroatoms. The molecule has 0 aliphatic carbocycles. The molecule has 0 aliphatic rings. The standard InChI is InChI=1S/C20H18ClN3O2/c1-26-18-9-6-16(7-10-18)23-17-8-11-19(22-13-17)24-20(25)12-14-2-4-15(21)5-3-14/h2-11,13,23H,12H2,1H3,(H,22,24,25). The quantitative estimate of drug-likeness (QED) is 0.664. The zero-order chi connectivity index (χ0) is 18.4.